The summed E-state index contributed by atoms with van der Waals surface area (Å²) in [4.78, 5) is 20.4. The van der Waals surface area contributed by atoms with Crippen LogP contribution in [-0.4, -0.2) is 77.3 Å². The molecule has 0 spiro atoms. The van der Waals surface area contributed by atoms with Crippen molar-refractivity contribution in [2.45, 2.75) is 44.6 Å². The number of rotatable bonds is 10. The van der Waals surface area contributed by atoms with Crippen LogP contribution in [0.5, 0.6) is 0 Å². The fourth-order valence-corrected chi connectivity index (χ4v) is 5.83. The molecule has 0 saturated carbocycles. The second kappa shape index (κ2) is 13.7. The minimum Gasteiger partial charge on any atom is -0.394 e. The number of carbonyl (C=O) groups is 1. The van der Waals surface area contributed by atoms with E-state index in [0.29, 0.717) is 45.0 Å². The standard InChI is InChI=1S/C31H38F3N5O3/c1-20(19-40)36-31(41)39(17-23-14-35-15-27(23)34)29(22-9-11-42-12-10-22)30-37-28(25-13-24(32)7-8-26(25)33)18-38(30)16-21-5-3-2-4-6-21/h2-8,13,18,20,22-23,27,29,35,40H,9-12,14-17,19H2,1H3,(H,36,41). The number of ether oxygens (including phenoxy) is 1. The Morgan fingerprint density at radius 3 is 2.64 bits per heavy atom. The fraction of sp³-hybridized carbons (Fsp3) is 0.484. The molecule has 3 N–H and O–H groups in total. The van der Waals surface area contributed by atoms with Crippen molar-refractivity contribution in [3.8, 4) is 11.3 Å². The smallest absolute Gasteiger partial charge is 0.318 e. The SMILES string of the molecule is CC(CO)NC(=O)N(CC1CNCC1F)C(c1nc(-c2cc(F)ccc2F)cn1Cc1ccccc1)C1CCOCC1. The number of hydrogen-bond donors (Lipinski definition) is 3. The van der Waals surface area contributed by atoms with Crippen molar-refractivity contribution in [3.05, 3.63) is 77.8 Å². The van der Waals surface area contributed by atoms with Gasteiger partial charge in [0.15, 0.2) is 0 Å². The van der Waals surface area contributed by atoms with Crippen LogP contribution in [0.3, 0.4) is 0 Å². The maximum absolute atomic E-state index is 15.0. The minimum atomic E-state index is -1.13. The highest BCUT2D eigenvalue weighted by atomic mass is 19.1. The molecule has 2 aliphatic heterocycles. The molecule has 42 heavy (non-hydrogen) atoms. The summed E-state index contributed by atoms with van der Waals surface area (Å²) in [6.07, 6.45) is 1.82. The van der Waals surface area contributed by atoms with Crippen LogP contribution >= 0.6 is 0 Å². The molecule has 2 fully saturated rings. The first-order chi connectivity index (χ1) is 20.3. The Labute approximate surface area is 243 Å². The number of nitrogens with one attached hydrogen (secondary N) is 2. The minimum absolute atomic E-state index is 0.0162. The summed E-state index contributed by atoms with van der Waals surface area (Å²) in [5.74, 6) is -1.24. The monoisotopic (exact) mass is 585 g/mol. The molecule has 8 nitrogen and oxygen atoms in total. The van der Waals surface area contributed by atoms with Crippen LogP contribution in [-0.2, 0) is 11.3 Å². The molecular weight excluding hydrogens is 547 g/mol. The van der Waals surface area contributed by atoms with E-state index in [1.807, 2.05) is 34.9 Å². The van der Waals surface area contributed by atoms with Gasteiger partial charge in [-0.15, -0.1) is 0 Å². The van der Waals surface area contributed by atoms with Gasteiger partial charge in [-0.1, -0.05) is 30.3 Å². The van der Waals surface area contributed by atoms with E-state index >= 15 is 0 Å². The first kappa shape index (κ1) is 30.1. The Morgan fingerprint density at radius 2 is 1.95 bits per heavy atom. The molecule has 226 valence electrons. The Balaban J connectivity index is 1.64. The molecule has 2 saturated heterocycles. The van der Waals surface area contributed by atoms with Gasteiger partial charge in [0.25, 0.3) is 0 Å². The molecule has 5 rings (SSSR count). The molecule has 0 aliphatic carbocycles. The van der Waals surface area contributed by atoms with Crippen molar-refractivity contribution in [3.63, 3.8) is 0 Å². The third kappa shape index (κ3) is 6.96. The predicted molar refractivity (Wildman–Crippen MR) is 152 cm³/mol. The average molecular weight is 586 g/mol. The lowest BCUT2D eigenvalue weighted by molar-refractivity contribution is 0.0253. The Hall–Kier alpha value is -3.41. The highest BCUT2D eigenvalue weighted by Gasteiger charge is 2.40. The highest BCUT2D eigenvalue weighted by molar-refractivity contribution is 5.75. The summed E-state index contributed by atoms with van der Waals surface area (Å²) in [7, 11) is 0. The highest BCUT2D eigenvalue weighted by Crippen LogP contribution is 2.38. The third-order valence-corrected chi connectivity index (χ3v) is 8.11. The molecular formula is C31H38F3N5O3. The number of aliphatic hydroxyl groups is 1. The van der Waals surface area contributed by atoms with Crippen LogP contribution in [0.4, 0.5) is 18.0 Å². The number of nitrogens with zero attached hydrogens (tertiary/aromatic N) is 3. The zero-order chi connectivity index (χ0) is 29.6. The Kier molecular flexibility index (Phi) is 9.81. The van der Waals surface area contributed by atoms with Crippen molar-refractivity contribution in [1.29, 1.82) is 0 Å². The van der Waals surface area contributed by atoms with Gasteiger partial charge in [0.05, 0.1) is 24.4 Å². The van der Waals surface area contributed by atoms with E-state index in [2.05, 4.69) is 10.6 Å². The van der Waals surface area contributed by atoms with Gasteiger partial charge < -0.3 is 29.9 Å². The summed E-state index contributed by atoms with van der Waals surface area (Å²) in [5.41, 5.74) is 1.22. The second-order valence-electron chi connectivity index (χ2n) is 11.2. The first-order valence-corrected chi connectivity index (χ1v) is 14.5. The number of aromatic nitrogens is 2. The van der Waals surface area contributed by atoms with Gasteiger partial charge in [0.1, 0.15) is 23.6 Å². The lowest BCUT2D eigenvalue weighted by Gasteiger charge is -2.40. The number of halogens is 3. The summed E-state index contributed by atoms with van der Waals surface area (Å²) >= 11 is 0. The molecule has 1 aromatic heterocycles. The van der Waals surface area contributed by atoms with Crippen LogP contribution < -0.4 is 10.6 Å². The molecule has 4 atom stereocenters. The summed E-state index contributed by atoms with van der Waals surface area (Å²) in [5, 5.41) is 15.6. The molecule has 11 heteroatoms. The van der Waals surface area contributed by atoms with Gasteiger partial charge in [0.2, 0.25) is 0 Å². The number of amides is 2. The van der Waals surface area contributed by atoms with Crippen molar-refractivity contribution in [1.82, 2.24) is 25.1 Å². The van der Waals surface area contributed by atoms with E-state index in [9.17, 15) is 23.1 Å². The zero-order valence-corrected chi connectivity index (χ0v) is 23.7. The number of aliphatic hydroxyl groups excluding tert-OH is 1. The summed E-state index contributed by atoms with van der Waals surface area (Å²) in [6, 6.07) is 11.3. The van der Waals surface area contributed by atoms with Gasteiger partial charge in [-0.3, -0.25) is 0 Å². The molecule has 0 bridgehead atoms. The van der Waals surface area contributed by atoms with Crippen molar-refractivity contribution in [2.75, 3.05) is 39.5 Å². The fourth-order valence-electron chi connectivity index (χ4n) is 5.83. The van der Waals surface area contributed by atoms with Crippen LogP contribution in [0.1, 0.15) is 37.2 Å². The second-order valence-corrected chi connectivity index (χ2v) is 11.2. The van der Waals surface area contributed by atoms with E-state index in [0.717, 1.165) is 23.8 Å². The number of imidazole rings is 1. The Bertz CT molecular complexity index is 1330. The molecule has 2 aliphatic rings. The van der Waals surface area contributed by atoms with Gasteiger partial charge >= 0.3 is 6.03 Å². The quantitative estimate of drug-likeness (QED) is 0.330. The normalized spacial score (nSPS) is 20.8. The maximum atomic E-state index is 15.0. The number of alkyl halides is 1. The van der Waals surface area contributed by atoms with Crippen LogP contribution in [0.25, 0.3) is 11.3 Å². The van der Waals surface area contributed by atoms with E-state index in [-0.39, 0.29) is 36.9 Å². The number of hydrogen-bond acceptors (Lipinski definition) is 5. The molecule has 3 heterocycles. The molecule has 2 aromatic carbocycles. The topological polar surface area (TPSA) is 91.6 Å². The number of carbonyl (C=O) groups excluding carboxylic acids is 1. The average Bonchev–Trinajstić information content (AvgIpc) is 3.60. The molecule has 2 amide bonds. The predicted octanol–water partition coefficient (Wildman–Crippen LogP) is 4.29. The van der Waals surface area contributed by atoms with E-state index in [4.69, 9.17) is 9.72 Å². The van der Waals surface area contributed by atoms with Crippen molar-refractivity contribution < 1.29 is 27.8 Å². The summed E-state index contributed by atoms with van der Waals surface area (Å²) < 4.78 is 51.7. The van der Waals surface area contributed by atoms with Gasteiger partial charge in [-0.05, 0) is 49.4 Å². The van der Waals surface area contributed by atoms with Gasteiger partial charge in [-0.2, -0.15) is 0 Å². The van der Waals surface area contributed by atoms with E-state index in [1.54, 1.807) is 18.0 Å². The van der Waals surface area contributed by atoms with Crippen LogP contribution in [0, 0.1) is 23.5 Å². The number of urea groups is 1. The third-order valence-electron chi connectivity index (χ3n) is 8.11. The number of benzene rings is 2. The van der Waals surface area contributed by atoms with Crippen molar-refractivity contribution in [2.24, 2.45) is 11.8 Å². The maximum Gasteiger partial charge on any atom is 0.318 e. The molecule has 0 radical (unpaired) electrons. The van der Waals surface area contributed by atoms with E-state index < -0.39 is 41.8 Å². The van der Waals surface area contributed by atoms with E-state index in [1.165, 1.54) is 0 Å². The van der Waals surface area contributed by atoms with Crippen molar-refractivity contribution >= 4 is 6.03 Å². The summed E-state index contributed by atoms with van der Waals surface area (Å²) in [6.45, 7) is 3.52. The van der Waals surface area contributed by atoms with Gasteiger partial charge in [0, 0.05) is 57.1 Å². The van der Waals surface area contributed by atoms with Crippen LogP contribution in [0.2, 0.25) is 0 Å². The first-order valence-electron chi connectivity index (χ1n) is 14.5. The zero-order valence-electron chi connectivity index (χ0n) is 23.7. The largest absolute Gasteiger partial charge is 0.394 e. The Morgan fingerprint density at radius 1 is 1.19 bits per heavy atom. The van der Waals surface area contributed by atoms with Crippen LogP contribution in [0.15, 0.2) is 54.7 Å². The van der Waals surface area contributed by atoms with Gasteiger partial charge in [-0.25, -0.2) is 22.9 Å². The lowest BCUT2D eigenvalue weighted by atomic mass is 9.89. The molecule has 3 aromatic rings. The lowest BCUT2D eigenvalue weighted by Crippen LogP contribution is -2.51. The molecule has 4 unspecified atom stereocenters.